The molecule has 0 bridgehead atoms. The van der Waals surface area contributed by atoms with E-state index in [2.05, 4.69) is 15.4 Å². The first-order chi connectivity index (χ1) is 14.5. The number of amides is 1. The van der Waals surface area contributed by atoms with Gasteiger partial charge in [-0.2, -0.15) is 0 Å². The van der Waals surface area contributed by atoms with Crippen LogP contribution in [0.5, 0.6) is 0 Å². The van der Waals surface area contributed by atoms with E-state index in [1.807, 2.05) is 24.3 Å². The predicted octanol–water partition coefficient (Wildman–Crippen LogP) is 4.22. The van der Waals surface area contributed by atoms with E-state index < -0.39 is 0 Å². The zero-order chi connectivity index (χ0) is 21.1. The van der Waals surface area contributed by atoms with E-state index in [4.69, 9.17) is 23.2 Å². The number of carbonyl (C=O) groups is 1. The number of aliphatic hydroxyl groups is 1. The molecular weight excluding hydrogens is 423 g/mol. The predicted molar refractivity (Wildman–Crippen MR) is 117 cm³/mol. The minimum atomic E-state index is -0.336. The monoisotopic (exact) mass is 442 g/mol. The van der Waals surface area contributed by atoms with E-state index in [0.717, 1.165) is 11.1 Å². The summed E-state index contributed by atoms with van der Waals surface area (Å²) in [6.07, 6.45) is 2.40. The zero-order valence-corrected chi connectivity index (χ0v) is 17.6. The van der Waals surface area contributed by atoms with Gasteiger partial charge in [0.1, 0.15) is 5.69 Å². The average molecular weight is 443 g/mol. The minimum Gasteiger partial charge on any atom is -0.393 e. The number of aliphatic hydroxyl groups excluding tert-OH is 1. The summed E-state index contributed by atoms with van der Waals surface area (Å²) in [4.78, 5) is 21.9. The summed E-state index contributed by atoms with van der Waals surface area (Å²) in [5.74, 6) is -0.336. The maximum absolute atomic E-state index is 12.8. The van der Waals surface area contributed by atoms with Gasteiger partial charge >= 0.3 is 0 Å². The smallest absolute Gasteiger partial charge is 0.285 e. The van der Waals surface area contributed by atoms with Gasteiger partial charge in [0.15, 0.2) is 0 Å². The van der Waals surface area contributed by atoms with Crippen LogP contribution in [-0.2, 0) is 0 Å². The van der Waals surface area contributed by atoms with Crippen LogP contribution in [-0.4, -0.2) is 45.2 Å². The maximum Gasteiger partial charge on any atom is 0.285 e. The van der Waals surface area contributed by atoms with Gasteiger partial charge in [-0.05, 0) is 37.1 Å². The molecule has 2 N–H and O–H groups in total. The SMILES string of the molecule is O=C(NN1CCC(O)CC1)c1cnc(-c2ccc(Cl)cc2)c(-c2ccc(Cl)cc2)n1. The molecule has 1 aliphatic rings. The molecule has 1 amide bonds. The molecule has 4 rings (SSSR count). The molecule has 0 spiro atoms. The lowest BCUT2D eigenvalue weighted by molar-refractivity contribution is 0.0464. The molecule has 6 nitrogen and oxygen atoms in total. The number of carbonyl (C=O) groups excluding carboxylic acids is 1. The Morgan fingerprint density at radius 2 is 1.47 bits per heavy atom. The molecule has 0 radical (unpaired) electrons. The molecule has 0 unspecified atom stereocenters. The summed E-state index contributed by atoms with van der Waals surface area (Å²) in [5, 5.41) is 12.7. The lowest BCUT2D eigenvalue weighted by Gasteiger charge is -2.29. The minimum absolute atomic E-state index is 0.212. The normalized spacial score (nSPS) is 15.2. The first-order valence-electron chi connectivity index (χ1n) is 9.62. The molecule has 0 aliphatic carbocycles. The van der Waals surface area contributed by atoms with E-state index in [1.54, 1.807) is 29.3 Å². The van der Waals surface area contributed by atoms with E-state index >= 15 is 0 Å². The Labute approximate surface area is 184 Å². The number of hydrazine groups is 1. The van der Waals surface area contributed by atoms with E-state index in [1.165, 1.54) is 6.20 Å². The number of rotatable bonds is 4. The van der Waals surface area contributed by atoms with Crippen LogP contribution < -0.4 is 5.43 Å². The largest absolute Gasteiger partial charge is 0.393 e. The lowest BCUT2D eigenvalue weighted by Crippen LogP contribution is -2.47. The molecule has 2 heterocycles. The Morgan fingerprint density at radius 3 is 2.03 bits per heavy atom. The van der Waals surface area contributed by atoms with Crippen molar-refractivity contribution in [3.05, 3.63) is 70.5 Å². The number of piperidine rings is 1. The molecule has 0 atom stereocenters. The highest BCUT2D eigenvalue weighted by atomic mass is 35.5. The Hall–Kier alpha value is -2.51. The van der Waals surface area contributed by atoms with Crippen LogP contribution in [0.3, 0.4) is 0 Å². The first kappa shape index (κ1) is 20.8. The van der Waals surface area contributed by atoms with Crippen molar-refractivity contribution < 1.29 is 9.90 Å². The van der Waals surface area contributed by atoms with Gasteiger partial charge in [0.05, 0.1) is 23.7 Å². The highest BCUT2D eigenvalue weighted by molar-refractivity contribution is 6.31. The van der Waals surface area contributed by atoms with Gasteiger partial charge in [-0.25, -0.2) is 9.99 Å². The number of hydrogen-bond acceptors (Lipinski definition) is 5. The summed E-state index contributed by atoms with van der Waals surface area (Å²) < 4.78 is 0. The van der Waals surface area contributed by atoms with Crippen LogP contribution >= 0.6 is 23.2 Å². The summed E-state index contributed by atoms with van der Waals surface area (Å²) in [5.41, 5.74) is 5.93. The van der Waals surface area contributed by atoms with E-state index in [9.17, 15) is 9.90 Å². The fraction of sp³-hybridized carbons (Fsp3) is 0.227. The number of nitrogens with zero attached hydrogens (tertiary/aromatic N) is 3. The van der Waals surface area contributed by atoms with Crippen LogP contribution in [0.25, 0.3) is 22.5 Å². The van der Waals surface area contributed by atoms with Gasteiger partial charge in [-0.3, -0.25) is 15.2 Å². The maximum atomic E-state index is 12.8. The quantitative estimate of drug-likeness (QED) is 0.632. The van der Waals surface area contributed by atoms with Crippen LogP contribution in [0.2, 0.25) is 10.0 Å². The molecule has 1 saturated heterocycles. The molecule has 8 heteroatoms. The highest BCUT2D eigenvalue weighted by Crippen LogP contribution is 2.30. The molecule has 0 saturated carbocycles. The van der Waals surface area contributed by atoms with Crippen molar-refractivity contribution in [1.29, 1.82) is 0 Å². The van der Waals surface area contributed by atoms with Crippen molar-refractivity contribution in [2.75, 3.05) is 13.1 Å². The Kier molecular flexibility index (Phi) is 6.29. The van der Waals surface area contributed by atoms with Gasteiger partial charge in [0, 0.05) is 34.3 Å². The van der Waals surface area contributed by atoms with Crippen molar-refractivity contribution >= 4 is 29.1 Å². The van der Waals surface area contributed by atoms with Gasteiger partial charge in [0.2, 0.25) is 0 Å². The second-order valence-electron chi connectivity index (χ2n) is 7.13. The van der Waals surface area contributed by atoms with E-state index in [0.29, 0.717) is 47.4 Å². The van der Waals surface area contributed by atoms with Crippen molar-refractivity contribution in [1.82, 2.24) is 20.4 Å². The number of nitrogens with one attached hydrogen (secondary N) is 1. The van der Waals surface area contributed by atoms with Gasteiger partial charge < -0.3 is 5.11 Å². The average Bonchev–Trinajstić information content (AvgIpc) is 2.76. The number of benzene rings is 2. The third-order valence-corrected chi connectivity index (χ3v) is 5.47. The van der Waals surface area contributed by atoms with Crippen molar-refractivity contribution in [2.24, 2.45) is 0 Å². The van der Waals surface area contributed by atoms with Crippen molar-refractivity contribution in [2.45, 2.75) is 18.9 Å². The van der Waals surface area contributed by atoms with Gasteiger partial charge in [-0.15, -0.1) is 0 Å². The Bertz CT molecular complexity index is 1030. The molecule has 1 aromatic heterocycles. The third kappa shape index (κ3) is 4.79. The lowest BCUT2D eigenvalue weighted by atomic mass is 10.0. The zero-order valence-electron chi connectivity index (χ0n) is 16.1. The van der Waals surface area contributed by atoms with Crippen LogP contribution in [0.15, 0.2) is 54.7 Å². The molecule has 2 aromatic carbocycles. The molecule has 1 aliphatic heterocycles. The van der Waals surface area contributed by atoms with Crippen LogP contribution in [0, 0.1) is 0 Å². The second-order valence-corrected chi connectivity index (χ2v) is 8.00. The number of aromatic nitrogens is 2. The summed E-state index contributed by atoms with van der Waals surface area (Å²) in [6.45, 7) is 1.18. The van der Waals surface area contributed by atoms with Crippen LogP contribution in [0.1, 0.15) is 23.3 Å². The molecule has 30 heavy (non-hydrogen) atoms. The topological polar surface area (TPSA) is 78.4 Å². The summed E-state index contributed by atoms with van der Waals surface area (Å²) in [6, 6.07) is 14.5. The third-order valence-electron chi connectivity index (χ3n) is 4.96. The standard InChI is InChI=1S/C22H20Cl2N4O2/c23-16-5-1-14(2-6-16)20-21(15-3-7-17(24)8-4-15)26-19(13-25-20)22(30)27-28-11-9-18(29)10-12-28/h1-8,13,18,29H,9-12H2,(H,27,30). The van der Waals surface area contributed by atoms with Crippen molar-refractivity contribution in [3.63, 3.8) is 0 Å². The second kappa shape index (κ2) is 9.10. The Morgan fingerprint density at radius 1 is 0.933 bits per heavy atom. The number of halogens is 2. The Balaban J connectivity index is 1.67. The molecular formula is C22H20Cl2N4O2. The summed E-state index contributed by atoms with van der Waals surface area (Å²) in [7, 11) is 0. The fourth-order valence-corrected chi connectivity index (χ4v) is 3.56. The highest BCUT2D eigenvalue weighted by Gasteiger charge is 2.21. The molecule has 154 valence electrons. The fourth-order valence-electron chi connectivity index (χ4n) is 3.31. The number of hydrogen-bond donors (Lipinski definition) is 2. The molecule has 1 fully saturated rings. The van der Waals surface area contributed by atoms with Gasteiger partial charge in [-0.1, -0.05) is 47.5 Å². The van der Waals surface area contributed by atoms with E-state index in [-0.39, 0.29) is 17.7 Å². The first-order valence-corrected chi connectivity index (χ1v) is 10.4. The van der Waals surface area contributed by atoms with Crippen molar-refractivity contribution in [3.8, 4) is 22.5 Å². The summed E-state index contributed by atoms with van der Waals surface area (Å²) >= 11 is 12.1. The van der Waals surface area contributed by atoms with Crippen LogP contribution in [0.4, 0.5) is 0 Å². The molecule has 3 aromatic rings. The van der Waals surface area contributed by atoms with Gasteiger partial charge in [0.25, 0.3) is 5.91 Å².